The van der Waals surface area contributed by atoms with Crippen LogP contribution in [0.25, 0.3) is 10.8 Å². The fourth-order valence-electron chi connectivity index (χ4n) is 2.73. The maximum absolute atomic E-state index is 11.9. The number of nitrogens with one attached hydrogen (secondary N) is 2. The van der Waals surface area contributed by atoms with Crippen molar-refractivity contribution < 1.29 is 14.3 Å². The van der Waals surface area contributed by atoms with Gasteiger partial charge in [0.1, 0.15) is 5.75 Å². The molecule has 2 aromatic carbocycles. The molecular weight excluding hydrogens is 318 g/mol. The van der Waals surface area contributed by atoms with Gasteiger partial charge in [0.2, 0.25) is 5.91 Å². The molecule has 1 aliphatic rings. The molecule has 1 aliphatic carbocycles. The second kappa shape index (κ2) is 7.53. The van der Waals surface area contributed by atoms with E-state index in [1.807, 2.05) is 42.3 Å². The molecular formula is C19H23N3O3. The SMILES string of the molecule is COc1ccc2cc(CN(C)CC(=O)NC(=O)NC3CC3)ccc2c1. The van der Waals surface area contributed by atoms with E-state index in [9.17, 15) is 9.59 Å². The first-order valence-corrected chi connectivity index (χ1v) is 8.39. The number of nitrogens with zero attached hydrogens (tertiary/aromatic N) is 1. The van der Waals surface area contributed by atoms with Crippen LogP contribution >= 0.6 is 0 Å². The summed E-state index contributed by atoms with van der Waals surface area (Å²) in [6, 6.07) is 12.0. The lowest BCUT2D eigenvalue weighted by Crippen LogP contribution is -2.44. The highest BCUT2D eigenvalue weighted by Gasteiger charge is 2.24. The number of amides is 3. The van der Waals surface area contributed by atoms with E-state index in [1.165, 1.54) is 0 Å². The zero-order chi connectivity index (χ0) is 17.8. The molecule has 1 fully saturated rings. The average molecular weight is 341 g/mol. The molecule has 25 heavy (non-hydrogen) atoms. The molecule has 0 bridgehead atoms. The Kier molecular flexibility index (Phi) is 5.19. The second-order valence-corrected chi connectivity index (χ2v) is 6.52. The summed E-state index contributed by atoms with van der Waals surface area (Å²) >= 11 is 0. The van der Waals surface area contributed by atoms with Crippen molar-refractivity contribution in [2.45, 2.75) is 25.4 Å². The minimum absolute atomic E-state index is 0.165. The van der Waals surface area contributed by atoms with Gasteiger partial charge in [-0.15, -0.1) is 0 Å². The fourth-order valence-corrected chi connectivity index (χ4v) is 2.73. The Labute approximate surface area is 147 Å². The van der Waals surface area contributed by atoms with Crippen LogP contribution in [0.4, 0.5) is 4.79 Å². The summed E-state index contributed by atoms with van der Waals surface area (Å²) in [4.78, 5) is 25.4. The van der Waals surface area contributed by atoms with Gasteiger partial charge in [-0.05, 0) is 54.4 Å². The molecule has 0 unspecified atom stereocenters. The van der Waals surface area contributed by atoms with Crippen molar-refractivity contribution in [3.05, 3.63) is 42.0 Å². The number of urea groups is 1. The third-order valence-electron chi connectivity index (χ3n) is 4.14. The van der Waals surface area contributed by atoms with Crippen LogP contribution in [0.5, 0.6) is 5.75 Å². The third-order valence-corrected chi connectivity index (χ3v) is 4.14. The van der Waals surface area contributed by atoms with Crippen LogP contribution in [-0.4, -0.2) is 43.6 Å². The van der Waals surface area contributed by atoms with Crippen molar-refractivity contribution in [3.63, 3.8) is 0 Å². The second-order valence-electron chi connectivity index (χ2n) is 6.52. The maximum atomic E-state index is 11.9. The molecule has 132 valence electrons. The highest BCUT2D eigenvalue weighted by Crippen LogP contribution is 2.22. The molecule has 2 aromatic rings. The molecule has 1 saturated carbocycles. The molecule has 0 aliphatic heterocycles. The van der Waals surface area contributed by atoms with Gasteiger partial charge in [0.25, 0.3) is 0 Å². The van der Waals surface area contributed by atoms with Gasteiger partial charge in [-0.3, -0.25) is 15.0 Å². The van der Waals surface area contributed by atoms with Crippen LogP contribution in [0, 0.1) is 0 Å². The Morgan fingerprint density at radius 2 is 1.88 bits per heavy atom. The van der Waals surface area contributed by atoms with Gasteiger partial charge in [-0.1, -0.05) is 18.2 Å². The molecule has 6 nitrogen and oxygen atoms in total. The van der Waals surface area contributed by atoms with E-state index in [4.69, 9.17) is 4.74 Å². The van der Waals surface area contributed by atoms with Gasteiger partial charge in [0.15, 0.2) is 0 Å². The zero-order valence-corrected chi connectivity index (χ0v) is 14.5. The van der Waals surface area contributed by atoms with E-state index < -0.39 is 6.03 Å². The topological polar surface area (TPSA) is 70.7 Å². The number of carbonyl (C=O) groups excluding carboxylic acids is 2. The largest absolute Gasteiger partial charge is 0.497 e. The van der Waals surface area contributed by atoms with E-state index >= 15 is 0 Å². The first kappa shape index (κ1) is 17.2. The van der Waals surface area contributed by atoms with Gasteiger partial charge in [-0.2, -0.15) is 0 Å². The Hall–Kier alpha value is -2.60. The number of methoxy groups -OCH3 is 1. The number of likely N-dealkylation sites (N-methyl/N-ethyl adjacent to an activating group) is 1. The van der Waals surface area contributed by atoms with Crippen LogP contribution in [0.2, 0.25) is 0 Å². The van der Waals surface area contributed by atoms with Crippen molar-refractivity contribution >= 4 is 22.7 Å². The molecule has 0 aromatic heterocycles. The first-order valence-electron chi connectivity index (χ1n) is 8.39. The van der Waals surface area contributed by atoms with Crippen molar-refractivity contribution in [3.8, 4) is 5.75 Å². The quantitative estimate of drug-likeness (QED) is 0.846. The van der Waals surface area contributed by atoms with E-state index in [0.29, 0.717) is 6.54 Å². The number of fused-ring (bicyclic) bond motifs is 1. The van der Waals surface area contributed by atoms with Crippen LogP contribution in [0.1, 0.15) is 18.4 Å². The zero-order valence-electron chi connectivity index (χ0n) is 14.5. The van der Waals surface area contributed by atoms with Crippen LogP contribution in [0.15, 0.2) is 36.4 Å². The van der Waals surface area contributed by atoms with Crippen LogP contribution < -0.4 is 15.4 Å². The highest BCUT2D eigenvalue weighted by atomic mass is 16.5. The number of rotatable bonds is 6. The van der Waals surface area contributed by atoms with Gasteiger partial charge in [0.05, 0.1) is 13.7 Å². The van der Waals surface area contributed by atoms with Crippen LogP contribution in [0.3, 0.4) is 0 Å². The summed E-state index contributed by atoms with van der Waals surface area (Å²) in [6.07, 6.45) is 1.99. The van der Waals surface area contributed by atoms with Crippen molar-refractivity contribution in [2.75, 3.05) is 20.7 Å². The first-order chi connectivity index (χ1) is 12.0. The standard InChI is InChI=1S/C19H23N3O3/c1-22(12-18(23)21-19(24)20-16-6-7-16)11-13-3-4-15-10-17(25-2)8-5-14(15)9-13/h3-5,8-10,16H,6-7,11-12H2,1-2H3,(H2,20,21,23,24). The van der Waals surface area contributed by atoms with Crippen molar-refractivity contribution in [1.29, 1.82) is 0 Å². The number of hydrogen-bond donors (Lipinski definition) is 2. The number of imide groups is 1. The van der Waals surface area contributed by atoms with Crippen molar-refractivity contribution in [2.24, 2.45) is 0 Å². The summed E-state index contributed by atoms with van der Waals surface area (Å²) in [7, 11) is 3.51. The Bertz CT molecular complexity index is 787. The monoisotopic (exact) mass is 341 g/mol. The summed E-state index contributed by atoms with van der Waals surface area (Å²) in [5.74, 6) is 0.532. The molecule has 3 rings (SSSR count). The summed E-state index contributed by atoms with van der Waals surface area (Å²) < 4.78 is 5.23. The Balaban J connectivity index is 1.54. The molecule has 3 amide bonds. The molecule has 0 radical (unpaired) electrons. The van der Waals surface area contributed by atoms with Gasteiger partial charge < -0.3 is 10.1 Å². The van der Waals surface area contributed by atoms with E-state index in [0.717, 1.165) is 34.9 Å². The van der Waals surface area contributed by atoms with Gasteiger partial charge >= 0.3 is 6.03 Å². The Morgan fingerprint density at radius 3 is 2.60 bits per heavy atom. The highest BCUT2D eigenvalue weighted by molar-refractivity contribution is 5.95. The molecule has 0 atom stereocenters. The smallest absolute Gasteiger partial charge is 0.321 e. The number of carbonyl (C=O) groups is 2. The third kappa shape index (κ3) is 4.93. The van der Waals surface area contributed by atoms with Gasteiger partial charge in [-0.25, -0.2) is 4.79 Å². The molecule has 0 saturated heterocycles. The summed E-state index contributed by atoms with van der Waals surface area (Å²) in [5, 5.41) is 7.34. The lowest BCUT2D eigenvalue weighted by molar-refractivity contribution is -0.120. The fraction of sp³-hybridized carbons (Fsp3) is 0.368. The lowest BCUT2D eigenvalue weighted by atomic mass is 10.1. The van der Waals surface area contributed by atoms with Gasteiger partial charge in [0, 0.05) is 12.6 Å². The average Bonchev–Trinajstić information content (AvgIpc) is 3.37. The van der Waals surface area contributed by atoms with E-state index in [-0.39, 0.29) is 18.5 Å². The molecule has 2 N–H and O–H groups in total. The minimum Gasteiger partial charge on any atom is -0.497 e. The normalized spacial score (nSPS) is 13.7. The Morgan fingerprint density at radius 1 is 1.16 bits per heavy atom. The minimum atomic E-state index is -0.402. The predicted molar refractivity (Wildman–Crippen MR) is 96.5 cm³/mol. The molecule has 0 spiro atoms. The van der Waals surface area contributed by atoms with E-state index in [2.05, 4.69) is 16.7 Å². The lowest BCUT2D eigenvalue weighted by Gasteiger charge is -2.16. The van der Waals surface area contributed by atoms with Crippen molar-refractivity contribution in [1.82, 2.24) is 15.5 Å². The number of benzene rings is 2. The van der Waals surface area contributed by atoms with Crippen LogP contribution in [-0.2, 0) is 11.3 Å². The summed E-state index contributed by atoms with van der Waals surface area (Å²) in [5.41, 5.74) is 1.11. The maximum Gasteiger partial charge on any atom is 0.321 e. The predicted octanol–water partition coefficient (Wildman–Crippen LogP) is 2.27. The number of ether oxygens (including phenoxy) is 1. The van der Waals surface area contributed by atoms with E-state index in [1.54, 1.807) is 7.11 Å². The summed E-state index contributed by atoms with van der Waals surface area (Å²) in [6.45, 7) is 0.790. The molecule has 6 heteroatoms. The molecule has 0 heterocycles. The number of hydrogen-bond acceptors (Lipinski definition) is 4.